The Morgan fingerprint density at radius 3 is 2.77 bits per heavy atom. The highest BCUT2D eigenvalue weighted by atomic mass is 19.1. The zero-order chi connectivity index (χ0) is 19.1. The highest BCUT2D eigenvalue weighted by Crippen LogP contribution is 2.47. The largest absolute Gasteiger partial charge is 0.481 e. The van der Waals surface area contributed by atoms with Gasteiger partial charge in [-0.2, -0.15) is 0 Å². The maximum atomic E-state index is 13.9. The standard InChI is InChI=1S/C21H35FO4/c1-3-4-8-18(22)19(23)11-10-16-14(2)12-20-17(16)13-15(26-20)7-5-6-9-21(24)25/h10-11,14-20,23H,3-9,12-13H2,1-2H3,(H,24,25)/t14-,15-,16-,17-,18-,19-,20+/m1/s1. The molecule has 0 bridgehead atoms. The lowest BCUT2D eigenvalue weighted by molar-refractivity contribution is -0.137. The molecule has 1 saturated heterocycles. The number of alkyl halides is 1. The summed E-state index contributed by atoms with van der Waals surface area (Å²) in [6.45, 7) is 4.22. The van der Waals surface area contributed by atoms with Crippen LogP contribution < -0.4 is 0 Å². The van der Waals surface area contributed by atoms with Crippen molar-refractivity contribution in [1.82, 2.24) is 0 Å². The fourth-order valence-electron chi connectivity index (χ4n) is 4.54. The Balaban J connectivity index is 1.80. The van der Waals surface area contributed by atoms with Gasteiger partial charge >= 0.3 is 5.97 Å². The van der Waals surface area contributed by atoms with Gasteiger partial charge in [-0.1, -0.05) is 45.3 Å². The number of ether oxygens (including phenoxy) is 1. The van der Waals surface area contributed by atoms with E-state index in [0.29, 0.717) is 30.6 Å². The molecule has 1 aliphatic carbocycles. The van der Waals surface area contributed by atoms with E-state index in [1.165, 1.54) is 0 Å². The molecule has 0 unspecified atom stereocenters. The second-order valence-corrected chi connectivity index (χ2v) is 8.16. The monoisotopic (exact) mass is 370 g/mol. The molecule has 4 nitrogen and oxygen atoms in total. The Morgan fingerprint density at radius 2 is 2.08 bits per heavy atom. The molecule has 2 N–H and O–H groups in total. The molecule has 2 rings (SSSR count). The first kappa shape index (κ1) is 21.4. The normalized spacial score (nSPS) is 33.5. The van der Waals surface area contributed by atoms with Crippen molar-refractivity contribution in [3.63, 3.8) is 0 Å². The topological polar surface area (TPSA) is 66.8 Å². The van der Waals surface area contributed by atoms with Crippen LogP contribution in [0.2, 0.25) is 0 Å². The van der Waals surface area contributed by atoms with E-state index in [-0.39, 0.29) is 18.6 Å². The number of carbonyl (C=O) groups is 1. The number of aliphatic carboxylic acids is 1. The summed E-state index contributed by atoms with van der Waals surface area (Å²) in [5, 5.41) is 18.7. The summed E-state index contributed by atoms with van der Waals surface area (Å²) in [5.74, 6) is 0.510. The smallest absolute Gasteiger partial charge is 0.303 e. The number of unbranched alkanes of at least 4 members (excludes halogenated alkanes) is 2. The summed E-state index contributed by atoms with van der Waals surface area (Å²) in [5.41, 5.74) is 0. The fraction of sp³-hybridized carbons (Fsp3) is 0.857. The van der Waals surface area contributed by atoms with Gasteiger partial charge in [0.2, 0.25) is 0 Å². The van der Waals surface area contributed by atoms with Gasteiger partial charge < -0.3 is 14.9 Å². The molecular formula is C21H35FO4. The van der Waals surface area contributed by atoms with E-state index < -0.39 is 18.2 Å². The summed E-state index contributed by atoms with van der Waals surface area (Å²) in [7, 11) is 0. The minimum Gasteiger partial charge on any atom is -0.481 e. The third-order valence-corrected chi connectivity index (χ3v) is 6.04. The van der Waals surface area contributed by atoms with Gasteiger partial charge in [-0.25, -0.2) is 4.39 Å². The molecule has 0 aromatic rings. The second-order valence-electron chi connectivity index (χ2n) is 8.16. The number of fused-ring (bicyclic) bond motifs is 1. The lowest BCUT2D eigenvalue weighted by atomic mass is 9.86. The summed E-state index contributed by atoms with van der Waals surface area (Å²) in [6, 6.07) is 0. The van der Waals surface area contributed by atoms with Crippen LogP contribution in [-0.4, -0.2) is 40.7 Å². The van der Waals surface area contributed by atoms with Crippen molar-refractivity contribution in [1.29, 1.82) is 0 Å². The maximum Gasteiger partial charge on any atom is 0.303 e. The molecule has 7 atom stereocenters. The number of aliphatic hydroxyl groups excluding tert-OH is 1. The van der Waals surface area contributed by atoms with Crippen LogP contribution in [0.25, 0.3) is 0 Å². The second kappa shape index (κ2) is 10.4. The van der Waals surface area contributed by atoms with Crippen LogP contribution in [0.5, 0.6) is 0 Å². The molecule has 2 fully saturated rings. The van der Waals surface area contributed by atoms with Crippen LogP contribution in [0.4, 0.5) is 4.39 Å². The highest BCUT2D eigenvalue weighted by molar-refractivity contribution is 5.66. The van der Waals surface area contributed by atoms with Gasteiger partial charge in [-0.3, -0.25) is 4.79 Å². The van der Waals surface area contributed by atoms with E-state index >= 15 is 0 Å². The molecule has 0 aromatic heterocycles. The van der Waals surface area contributed by atoms with E-state index in [1.807, 2.05) is 13.0 Å². The molecule has 0 spiro atoms. The van der Waals surface area contributed by atoms with Crippen LogP contribution >= 0.6 is 0 Å². The van der Waals surface area contributed by atoms with E-state index in [0.717, 1.165) is 38.5 Å². The number of carboxylic acids is 1. The van der Waals surface area contributed by atoms with Gasteiger partial charge in [0.25, 0.3) is 0 Å². The number of carboxylic acid groups (broad SMARTS) is 1. The first-order chi connectivity index (χ1) is 12.4. The van der Waals surface area contributed by atoms with Crippen molar-refractivity contribution >= 4 is 5.97 Å². The van der Waals surface area contributed by atoms with Crippen molar-refractivity contribution < 1.29 is 24.1 Å². The first-order valence-corrected chi connectivity index (χ1v) is 10.3. The number of rotatable bonds is 11. The third-order valence-electron chi connectivity index (χ3n) is 6.04. The fourth-order valence-corrected chi connectivity index (χ4v) is 4.54. The average molecular weight is 371 g/mol. The lowest BCUT2D eigenvalue weighted by Gasteiger charge is -2.19. The molecular weight excluding hydrogens is 335 g/mol. The zero-order valence-electron chi connectivity index (χ0n) is 16.1. The molecule has 0 amide bonds. The molecule has 150 valence electrons. The summed E-state index contributed by atoms with van der Waals surface area (Å²) >= 11 is 0. The molecule has 1 saturated carbocycles. The zero-order valence-corrected chi connectivity index (χ0v) is 16.1. The van der Waals surface area contributed by atoms with Gasteiger partial charge in [0, 0.05) is 6.42 Å². The van der Waals surface area contributed by atoms with Crippen molar-refractivity contribution in [2.75, 3.05) is 0 Å². The summed E-state index contributed by atoms with van der Waals surface area (Å²) < 4.78 is 20.1. The van der Waals surface area contributed by atoms with E-state index in [1.54, 1.807) is 6.08 Å². The number of hydrogen-bond acceptors (Lipinski definition) is 3. The number of aliphatic hydroxyl groups is 1. The molecule has 2 aliphatic rings. The van der Waals surface area contributed by atoms with Gasteiger partial charge in [0.05, 0.1) is 12.2 Å². The van der Waals surface area contributed by atoms with Crippen molar-refractivity contribution in [3.05, 3.63) is 12.2 Å². The summed E-state index contributed by atoms with van der Waals surface area (Å²) in [4.78, 5) is 10.6. The minimum atomic E-state index is -1.18. The maximum absolute atomic E-state index is 13.9. The molecule has 1 heterocycles. The number of halogens is 1. The third kappa shape index (κ3) is 6.05. The Kier molecular flexibility index (Phi) is 8.55. The average Bonchev–Trinajstić information content (AvgIpc) is 3.10. The van der Waals surface area contributed by atoms with E-state index in [9.17, 15) is 14.3 Å². The van der Waals surface area contributed by atoms with Gasteiger partial charge in [0.1, 0.15) is 12.3 Å². The SMILES string of the molecule is CCCC[C@@H](F)[C@H](O)C=C[C@H]1[C@H]2C[C@@H](CCCCC(=O)O)O[C@H]2C[C@H]1C. The number of hydrogen-bond donors (Lipinski definition) is 2. The minimum absolute atomic E-state index is 0.214. The Bertz CT molecular complexity index is 467. The van der Waals surface area contributed by atoms with Crippen LogP contribution in [-0.2, 0) is 9.53 Å². The van der Waals surface area contributed by atoms with E-state index in [2.05, 4.69) is 6.92 Å². The number of allylic oxidation sites excluding steroid dienone is 1. The predicted molar refractivity (Wildman–Crippen MR) is 99.7 cm³/mol. The van der Waals surface area contributed by atoms with Crippen molar-refractivity contribution in [2.24, 2.45) is 17.8 Å². The van der Waals surface area contributed by atoms with Gasteiger partial charge in [-0.15, -0.1) is 0 Å². The van der Waals surface area contributed by atoms with Gasteiger partial charge in [0.15, 0.2) is 0 Å². The molecule has 5 heteroatoms. The molecule has 0 aromatic carbocycles. The molecule has 1 aliphatic heterocycles. The Hall–Kier alpha value is -0.940. The van der Waals surface area contributed by atoms with Crippen LogP contribution in [0.1, 0.15) is 71.6 Å². The van der Waals surface area contributed by atoms with Crippen molar-refractivity contribution in [2.45, 2.75) is 96.1 Å². The van der Waals surface area contributed by atoms with Crippen LogP contribution in [0, 0.1) is 17.8 Å². The summed E-state index contributed by atoms with van der Waals surface area (Å²) in [6.07, 6.45) is 8.82. The quantitative estimate of drug-likeness (QED) is 0.415. The van der Waals surface area contributed by atoms with Gasteiger partial charge in [-0.05, 0) is 49.9 Å². The van der Waals surface area contributed by atoms with Crippen LogP contribution in [0.3, 0.4) is 0 Å². The van der Waals surface area contributed by atoms with Crippen molar-refractivity contribution in [3.8, 4) is 0 Å². The highest BCUT2D eigenvalue weighted by Gasteiger charge is 2.46. The predicted octanol–water partition coefficient (Wildman–Crippen LogP) is 4.51. The Morgan fingerprint density at radius 1 is 1.31 bits per heavy atom. The molecule has 0 radical (unpaired) electrons. The lowest BCUT2D eigenvalue weighted by Crippen LogP contribution is -2.20. The Labute approximate surface area is 156 Å². The van der Waals surface area contributed by atoms with Crippen LogP contribution in [0.15, 0.2) is 12.2 Å². The first-order valence-electron chi connectivity index (χ1n) is 10.3. The molecule has 26 heavy (non-hydrogen) atoms. The van der Waals surface area contributed by atoms with E-state index in [4.69, 9.17) is 9.84 Å².